The Balaban J connectivity index is 2.04. The average Bonchev–Trinajstić information content (AvgIpc) is 2.48. The maximum atomic E-state index is 2.27. The van der Waals surface area contributed by atoms with E-state index in [-0.39, 0.29) is 0 Å². The summed E-state index contributed by atoms with van der Waals surface area (Å²) in [5.41, 5.74) is 7.77. The fraction of sp³-hybridized carbons (Fsp3) is 0.100. The zero-order chi connectivity index (χ0) is 13.9. The zero-order valence-corrected chi connectivity index (χ0v) is 11.9. The van der Waals surface area contributed by atoms with E-state index in [1.165, 1.54) is 33.4 Å². The van der Waals surface area contributed by atoms with E-state index in [9.17, 15) is 0 Å². The Kier molecular flexibility index (Phi) is 3.39. The first-order valence-electron chi connectivity index (χ1n) is 6.97. The summed E-state index contributed by atoms with van der Waals surface area (Å²) in [6.45, 7) is 4.32. The highest BCUT2D eigenvalue weighted by Gasteiger charge is 2.04. The highest BCUT2D eigenvalue weighted by Crippen LogP contribution is 2.28. The first-order chi connectivity index (χ1) is 9.74. The van der Waals surface area contributed by atoms with Crippen LogP contribution in [0, 0.1) is 13.8 Å². The van der Waals surface area contributed by atoms with Crippen molar-refractivity contribution in [3.63, 3.8) is 0 Å². The van der Waals surface area contributed by atoms with Crippen LogP contribution in [-0.4, -0.2) is 0 Å². The minimum absolute atomic E-state index is 1.28. The van der Waals surface area contributed by atoms with Crippen LogP contribution < -0.4 is 0 Å². The average molecular weight is 258 g/mol. The van der Waals surface area contributed by atoms with Crippen LogP contribution in [0.4, 0.5) is 0 Å². The number of benzene rings is 3. The molecule has 3 rings (SSSR count). The van der Waals surface area contributed by atoms with Crippen molar-refractivity contribution in [2.24, 2.45) is 0 Å². The number of hydrogen-bond acceptors (Lipinski definition) is 0. The molecule has 0 unspecified atom stereocenters. The molecular weight excluding hydrogens is 240 g/mol. The second-order valence-electron chi connectivity index (χ2n) is 5.27. The van der Waals surface area contributed by atoms with E-state index in [4.69, 9.17) is 0 Å². The zero-order valence-electron chi connectivity index (χ0n) is 11.9. The number of rotatable bonds is 2. The lowest BCUT2D eigenvalue weighted by Crippen LogP contribution is -1.86. The summed E-state index contributed by atoms with van der Waals surface area (Å²) in [5.74, 6) is 0. The fourth-order valence-electron chi connectivity index (χ4n) is 2.61. The molecule has 0 aromatic heterocycles. The normalized spacial score (nSPS) is 10.5. The van der Waals surface area contributed by atoms with Crippen LogP contribution in [-0.2, 0) is 0 Å². The first kappa shape index (κ1) is 12.7. The van der Waals surface area contributed by atoms with Gasteiger partial charge < -0.3 is 0 Å². The van der Waals surface area contributed by atoms with Gasteiger partial charge in [-0.15, -0.1) is 0 Å². The molecule has 0 bridgehead atoms. The van der Waals surface area contributed by atoms with Gasteiger partial charge in [0, 0.05) is 0 Å². The van der Waals surface area contributed by atoms with Gasteiger partial charge in [0.15, 0.2) is 0 Å². The fourth-order valence-corrected chi connectivity index (χ4v) is 2.61. The molecule has 20 heavy (non-hydrogen) atoms. The van der Waals surface area contributed by atoms with Crippen molar-refractivity contribution in [1.82, 2.24) is 0 Å². The minimum atomic E-state index is 1.28. The quantitative estimate of drug-likeness (QED) is 0.558. The molecule has 3 aromatic rings. The van der Waals surface area contributed by atoms with E-state index in [0.717, 1.165) is 0 Å². The molecule has 3 aromatic carbocycles. The van der Waals surface area contributed by atoms with Gasteiger partial charge in [-0.25, -0.2) is 0 Å². The van der Waals surface area contributed by atoms with Crippen molar-refractivity contribution in [1.29, 1.82) is 0 Å². The molecule has 0 saturated carbocycles. The predicted molar refractivity (Wildman–Crippen MR) is 86.8 cm³/mol. The van der Waals surface area contributed by atoms with Crippen molar-refractivity contribution in [2.75, 3.05) is 0 Å². The van der Waals surface area contributed by atoms with Crippen molar-refractivity contribution < 1.29 is 0 Å². The van der Waals surface area contributed by atoms with Crippen molar-refractivity contribution in [3.8, 4) is 22.3 Å². The van der Waals surface area contributed by atoms with E-state index in [0.29, 0.717) is 0 Å². The Morgan fingerprint density at radius 1 is 0.550 bits per heavy atom. The molecular formula is C20H18. The second kappa shape index (κ2) is 5.34. The van der Waals surface area contributed by atoms with Crippen LogP contribution in [0.5, 0.6) is 0 Å². The predicted octanol–water partition coefficient (Wildman–Crippen LogP) is 5.64. The van der Waals surface area contributed by atoms with Crippen molar-refractivity contribution in [2.45, 2.75) is 13.8 Å². The largest absolute Gasteiger partial charge is 0.0622 e. The molecule has 0 radical (unpaired) electrons. The van der Waals surface area contributed by atoms with E-state index >= 15 is 0 Å². The van der Waals surface area contributed by atoms with E-state index in [2.05, 4.69) is 86.6 Å². The summed E-state index contributed by atoms with van der Waals surface area (Å²) < 4.78 is 0. The van der Waals surface area contributed by atoms with Gasteiger partial charge in [-0.1, -0.05) is 78.4 Å². The Morgan fingerprint density at radius 2 is 1.25 bits per heavy atom. The lowest BCUT2D eigenvalue weighted by molar-refractivity contribution is 1.43. The van der Waals surface area contributed by atoms with Crippen LogP contribution in [0.3, 0.4) is 0 Å². The third-order valence-corrected chi connectivity index (χ3v) is 3.66. The van der Waals surface area contributed by atoms with Gasteiger partial charge in [0.2, 0.25) is 0 Å². The van der Waals surface area contributed by atoms with Gasteiger partial charge in [-0.2, -0.15) is 0 Å². The van der Waals surface area contributed by atoms with Gasteiger partial charge in [0.05, 0.1) is 0 Å². The Bertz CT molecular complexity index is 724. The highest BCUT2D eigenvalue weighted by atomic mass is 14.1. The molecule has 0 fully saturated rings. The SMILES string of the molecule is Cc1cccc(-c2ccc(-c3ccccc3)c(C)c2)c1. The standard InChI is InChI=1S/C20H18/c1-15-7-6-10-18(13-15)19-11-12-20(16(2)14-19)17-8-4-3-5-9-17/h3-14H,1-2H3. The molecule has 0 atom stereocenters. The van der Waals surface area contributed by atoms with E-state index in [1.807, 2.05) is 0 Å². The highest BCUT2D eigenvalue weighted by molar-refractivity contribution is 5.73. The topological polar surface area (TPSA) is 0 Å². The molecule has 0 saturated heterocycles. The smallest absolute Gasteiger partial charge is 0.0154 e. The van der Waals surface area contributed by atoms with Crippen LogP contribution >= 0.6 is 0 Å². The van der Waals surface area contributed by atoms with Crippen LogP contribution in [0.2, 0.25) is 0 Å². The van der Waals surface area contributed by atoms with E-state index < -0.39 is 0 Å². The van der Waals surface area contributed by atoms with E-state index in [1.54, 1.807) is 0 Å². The van der Waals surface area contributed by atoms with Crippen molar-refractivity contribution in [3.05, 3.63) is 83.9 Å². The minimum Gasteiger partial charge on any atom is -0.0622 e. The molecule has 0 spiro atoms. The molecule has 0 N–H and O–H groups in total. The van der Waals surface area contributed by atoms with Gasteiger partial charge in [-0.3, -0.25) is 0 Å². The summed E-state index contributed by atoms with van der Waals surface area (Å²) in [6.07, 6.45) is 0. The van der Waals surface area contributed by atoms with Gasteiger partial charge in [0.1, 0.15) is 0 Å². The molecule has 0 aliphatic heterocycles. The molecule has 0 aliphatic rings. The van der Waals surface area contributed by atoms with Gasteiger partial charge in [0.25, 0.3) is 0 Å². The van der Waals surface area contributed by atoms with Gasteiger partial charge >= 0.3 is 0 Å². The van der Waals surface area contributed by atoms with Crippen LogP contribution in [0.1, 0.15) is 11.1 Å². The molecule has 0 aliphatic carbocycles. The maximum absolute atomic E-state index is 2.27. The molecule has 0 heteroatoms. The lowest BCUT2D eigenvalue weighted by Gasteiger charge is -2.09. The van der Waals surface area contributed by atoms with Gasteiger partial charge in [-0.05, 0) is 41.7 Å². The Hall–Kier alpha value is -2.34. The van der Waals surface area contributed by atoms with Crippen LogP contribution in [0.25, 0.3) is 22.3 Å². The third kappa shape index (κ3) is 2.50. The Morgan fingerprint density at radius 3 is 1.95 bits per heavy atom. The summed E-state index contributed by atoms with van der Waals surface area (Å²) in [5, 5.41) is 0. The monoisotopic (exact) mass is 258 g/mol. The van der Waals surface area contributed by atoms with Crippen molar-refractivity contribution >= 4 is 0 Å². The van der Waals surface area contributed by atoms with Crippen LogP contribution in [0.15, 0.2) is 72.8 Å². The Labute approximate surface area is 120 Å². The maximum Gasteiger partial charge on any atom is -0.0154 e. The number of hydrogen-bond donors (Lipinski definition) is 0. The molecule has 0 amide bonds. The first-order valence-corrected chi connectivity index (χ1v) is 6.97. The third-order valence-electron chi connectivity index (χ3n) is 3.66. The number of aryl methyl sites for hydroxylation is 2. The summed E-state index contributed by atoms with van der Waals surface area (Å²) >= 11 is 0. The summed E-state index contributed by atoms with van der Waals surface area (Å²) in [7, 11) is 0. The molecule has 0 nitrogen and oxygen atoms in total. The summed E-state index contributed by atoms with van der Waals surface area (Å²) in [4.78, 5) is 0. The second-order valence-corrected chi connectivity index (χ2v) is 5.27. The lowest BCUT2D eigenvalue weighted by atomic mass is 9.95. The molecule has 98 valence electrons. The summed E-state index contributed by atoms with van der Waals surface area (Å²) in [6, 6.07) is 25.9. The molecule has 0 heterocycles.